The third-order valence-corrected chi connectivity index (χ3v) is 5.05. The Morgan fingerprint density at radius 3 is 3.09 bits per heavy atom. The normalized spacial score (nSPS) is 18.4. The molecular formula is C16H18N4O2S. The average Bonchev–Trinajstić information content (AvgIpc) is 3.26. The summed E-state index contributed by atoms with van der Waals surface area (Å²) in [7, 11) is 0. The number of imidazole rings is 1. The molecule has 0 bridgehead atoms. The van der Waals surface area contributed by atoms with Crippen LogP contribution < -0.4 is 0 Å². The van der Waals surface area contributed by atoms with E-state index in [1.807, 2.05) is 26.9 Å². The van der Waals surface area contributed by atoms with Crippen LogP contribution in [0.5, 0.6) is 0 Å². The highest BCUT2D eigenvalue weighted by atomic mass is 32.1. The maximum atomic E-state index is 12.8. The second-order valence-corrected chi connectivity index (χ2v) is 7.06. The van der Waals surface area contributed by atoms with Crippen molar-refractivity contribution in [3.8, 4) is 0 Å². The molecule has 0 saturated carbocycles. The molecule has 0 radical (unpaired) electrons. The van der Waals surface area contributed by atoms with Crippen molar-refractivity contribution in [2.75, 3.05) is 6.54 Å². The smallest absolute Gasteiger partial charge is 0.274 e. The fourth-order valence-corrected chi connectivity index (χ4v) is 3.73. The highest BCUT2D eigenvalue weighted by Crippen LogP contribution is 2.33. The summed E-state index contributed by atoms with van der Waals surface area (Å²) in [6, 6.07) is 1.96. The molecule has 3 aromatic heterocycles. The lowest BCUT2D eigenvalue weighted by Gasteiger charge is -2.21. The van der Waals surface area contributed by atoms with Crippen molar-refractivity contribution in [2.24, 2.45) is 0 Å². The van der Waals surface area contributed by atoms with Gasteiger partial charge in [-0.2, -0.15) is 0 Å². The molecule has 23 heavy (non-hydrogen) atoms. The molecule has 4 heterocycles. The molecule has 1 fully saturated rings. The predicted octanol–water partition coefficient (Wildman–Crippen LogP) is 3.48. The lowest BCUT2D eigenvalue weighted by molar-refractivity contribution is 0.0725. The van der Waals surface area contributed by atoms with Crippen LogP contribution in [0.4, 0.5) is 0 Å². The standard InChI is InChI=1S/C16H18N4O2S/c1-10(2)14-8-11(18-22-14)13-4-3-5-20(13)15(21)12-9-19-6-7-23-16(19)17-12/h6-10,13H,3-5H2,1-2H3/t13-/m1/s1. The van der Waals surface area contributed by atoms with E-state index < -0.39 is 0 Å². The number of thiazole rings is 1. The van der Waals surface area contributed by atoms with Crippen molar-refractivity contribution < 1.29 is 9.32 Å². The summed E-state index contributed by atoms with van der Waals surface area (Å²) in [4.78, 5) is 20.0. The van der Waals surface area contributed by atoms with Crippen LogP contribution in [0.15, 0.2) is 28.4 Å². The van der Waals surface area contributed by atoms with E-state index in [0.717, 1.165) is 35.8 Å². The number of fused-ring (bicyclic) bond motifs is 1. The minimum Gasteiger partial charge on any atom is -0.361 e. The van der Waals surface area contributed by atoms with Gasteiger partial charge < -0.3 is 9.42 Å². The van der Waals surface area contributed by atoms with E-state index >= 15 is 0 Å². The Kier molecular flexibility index (Phi) is 3.45. The van der Waals surface area contributed by atoms with Gasteiger partial charge in [-0.25, -0.2) is 4.98 Å². The van der Waals surface area contributed by atoms with Gasteiger partial charge in [0.05, 0.1) is 6.04 Å². The maximum absolute atomic E-state index is 12.8. The van der Waals surface area contributed by atoms with E-state index in [-0.39, 0.29) is 11.9 Å². The molecule has 120 valence electrons. The van der Waals surface area contributed by atoms with Crippen molar-refractivity contribution in [3.63, 3.8) is 0 Å². The Morgan fingerprint density at radius 2 is 2.35 bits per heavy atom. The molecule has 3 aromatic rings. The summed E-state index contributed by atoms with van der Waals surface area (Å²) in [6.07, 6.45) is 5.60. The van der Waals surface area contributed by atoms with Gasteiger partial charge in [-0.15, -0.1) is 11.3 Å². The highest BCUT2D eigenvalue weighted by molar-refractivity contribution is 7.15. The van der Waals surface area contributed by atoms with Gasteiger partial charge in [0.15, 0.2) is 4.96 Å². The number of likely N-dealkylation sites (tertiary alicyclic amines) is 1. The molecule has 7 heteroatoms. The number of hydrogen-bond donors (Lipinski definition) is 0. The quantitative estimate of drug-likeness (QED) is 0.737. The Hall–Kier alpha value is -2.15. The molecule has 0 N–H and O–H groups in total. The van der Waals surface area contributed by atoms with Gasteiger partial charge in [0, 0.05) is 36.3 Å². The molecule has 1 amide bonds. The number of aromatic nitrogens is 3. The Balaban J connectivity index is 1.61. The molecular weight excluding hydrogens is 312 g/mol. The predicted molar refractivity (Wildman–Crippen MR) is 86.7 cm³/mol. The van der Waals surface area contributed by atoms with Crippen LogP contribution in [0.25, 0.3) is 4.96 Å². The molecule has 6 nitrogen and oxygen atoms in total. The van der Waals surface area contributed by atoms with Crippen LogP contribution in [0.1, 0.15) is 60.6 Å². The molecule has 0 aromatic carbocycles. The summed E-state index contributed by atoms with van der Waals surface area (Å²) < 4.78 is 7.29. The molecule has 1 atom stereocenters. The summed E-state index contributed by atoms with van der Waals surface area (Å²) in [5.41, 5.74) is 1.34. The summed E-state index contributed by atoms with van der Waals surface area (Å²) in [6.45, 7) is 4.87. The molecule has 1 aliphatic rings. The number of amides is 1. The zero-order valence-corrected chi connectivity index (χ0v) is 13.9. The van der Waals surface area contributed by atoms with Crippen LogP contribution in [0, 0.1) is 0 Å². The van der Waals surface area contributed by atoms with Gasteiger partial charge in [0.25, 0.3) is 5.91 Å². The van der Waals surface area contributed by atoms with Gasteiger partial charge in [-0.3, -0.25) is 9.20 Å². The topological polar surface area (TPSA) is 63.6 Å². The van der Waals surface area contributed by atoms with Crippen LogP contribution in [0.3, 0.4) is 0 Å². The van der Waals surface area contributed by atoms with E-state index in [1.54, 1.807) is 6.20 Å². The van der Waals surface area contributed by atoms with Gasteiger partial charge in [-0.1, -0.05) is 19.0 Å². The molecule has 1 aliphatic heterocycles. The largest absolute Gasteiger partial charge is 0.361 e. The lowest BCUT2D eigenvalue weighted by atomic mass is 10.1. The van der Waals surface area contributed by atoms with E-state index in [9.17, 15) is 4.79 Å². The van der Waals surface area contributed by atoms with Gasteiger partial charge in [-0.05, 0) is 12.8 Å². The number of nitrogens with zero attached hydrogens (tertiary/aromatic N) is 4. The fourth-order valence-electron chi connectivity index (χ4n) is 3.03. The molecule has 1 saturated heterocycles. The minimum absolute atomic E-state index is 0.0153. The molecule has 0 spiro atoms. The van der Waals surface area contributed by atoms with E-state index in [1.165, 1.54) is 11.3 Å². The SMILES string of the molecule is CC(C)c1cc([C@H]2CCCN2C(=O)c2cn3ccsc3n2)no1. The fraction of sp³-hybridized carbons (Fsp3) is 0.438. The molecule has 4 rings (SSSR count). The third-order valence-electron chi connectivity index (χ3n) is 4.28. The summed E-state index contributed by atoms with van der Waals surface area (Å²) in [5, 5.41) is 6.14. The zero-order chi connectivity index (χ0) is 16.0. The van der Waals surface area contributed by atoms with Crippen molar-refractivity contribution >= 4 is 22.2 Å². The highest BCUT2D eigenvalue weighted by Gasteiger charge is 2.34. The van der Waals surface area contributed by atoms with Gasteiger partial charge >= 0.3 is 0 Å². The number of rotatable bonds is 3. The van der Waals surface area contributed by atoms with E-state index in [2.05, 4.69) is 24.0 Å². The van der Waals surface area contributed by atoms with Crippen LogP contribution in [0.2, 0.25) is 0 Å². The van der Waals surface area contributed by atoms with Crippen molar-refractivity contribution in [2.45, 2.75) is 38.6 Å². The van der Waals surface area contributed by atoms with Crippen LogP contribution >= 0.6 is 11.3 Å². The van der Waals surface area contributed by atoms with E-state index in [0.29, 0.717) is 11.6 Å². The Bertz CT molecular complexity index is 819. The molecule has 0 unspecified atom stereocenters. The zero-order valence-electron chi connectivity index (χ0n) is 13.1. The second-order valence-electron chi connectivity index (χ2n) is 6.18. The van der Waals surface area contributed by atoms with Crippen molar-refractivity contribution in [1.29, 1.82) is 0 Å². The number of carbonyl (C=O) groups excluding carboxylic acids is 1. The van der Waals surface area contributed by atoms with Gasteiger partial charge in [0.1, 0.15) is 17.1 Å². The molecule has 0 aliphatic carbocycles. The van der Waals surface area contributed by atoms with Crippen molar-refractivity contribution in [3.05, 3.63) is 41.0 Å². The van der Waals surface area contributed by atoms with Crippen LogP contribution in [-0.2, 0) is 0 Å². The van der Waals surface area contributed by atoms with E-state index in [4.69, 9.17) is 4.52 Å². The third kappa shape index (κ3) is 2.45. The summed E-state index contributed by atoms with van der Waals surface area (Å²) >= 11 is 1.53. The van der Waals surface area contributed by atoms with Gasteiger partial charge in [0.2, 0.25) is 0 Å². The Labute approximate surface area is 137 Å². The first-order valence-corrected chi connectivity index (χ1v) is 8.71. The maximum Gasteiger partial charge on any atom is 0.274 e. The number of carbonyl (C=O) groups is 1. The first kappa shape index (κ1) is 14.4. The average molecular weight is 330 g/mol. The van der Waals surface area contributed by atoms with Crippen LogP contribution in [-0.4, -0.2) is 31.9 Å². The Morgan fingerprint density at radius 1 is 1.48 bits per heavy atom. The number of hydrogen-bond acceptors (Lipinski definition) is 5. The first-order chi connectivity index (χ1) is 11.1. The lowest BCUT2D eigenvalue weighted by Crippen LogP contribution is -2.31. The van der Waals surface area contributed by atoms with Crippen molar-refractivity contribution in [1.82, 2.24) is 19.4 Å². The first-order valence-electron chi connectivity index (χ1n) is 7.83. The second kappa shape index (κ2) is 5.49. The minimum atomic E-state index is -0.0301. The summed E-state index contributed by atoms with van der Waals surface area (Å²) in [5.74, 6) is 1.13. The monoisotopic (exact) mass is 330 g/mol.